The molecule has 0 amide bonds. The molecule has 1 heteroatoms. The minimum atomic E-state index is -0.149. The lowest BCUT2D eigenvalue weighted by atomic mass is 9.44. The topological polar surface area (TPSA) is 17.1 Å². The van der Waals surface area contributed by atoms with Crippen LogP contribution in [0.1, 0.15) is 64.0 Å². The van der Waals surface area contributed by atoms with E-state index in [1.807, 2.05) is 0 Å². The summed E-state index contributed by atoms with van der Waals surface area (Å²) in [6, 6.07) is 8.82. The van der Waals surface area contributed by atoms with Crippen LogP contribution >= 0.6 is 0 Å². The molecule has 1 aromatic rings. The summed E-state index contributed by atoms with van der Waals surface area (Å²) < 4.78 is 0. The van der Waals surface area contributed by atoms with Crippen molar-refractivity contribution in [3.8, 4) is 0 Å². The predicted octanol–water partition coefficient (Wildman–Crippen LogP) is 5.38. The van der Waals surface area contributed by atoms with E-state index in [0.29, 0.717) is 34.9 Å². The number of aryl methyl sites for hydroxylation is 1. The first kappa shape index (κ1) is 15.4. The molecule has 4 bridgehead atoms. The third-order valence-electron chi connectivity index (χ3n) is 7.82. The van der Waals surface area contributed by atoms with Gasteiger partial charge in [0.25, 0.3) is 0 Å². The van der Waals surface area contributed by atoms with Crippen molar-refractivity contribution >= 4 is 5.78 Å². The molecule has 0 N–H and O–H groups in total. The van der Waals surface area contributed by atoms with Crippen LogP contribution in [0.25, 0.3) is 0 Å². The fraction of sp³-hybridized carbons (Fsp3) is 0.682. The van der Waals surface area contributed by atoms with Crippen molar-refractivity contribution in [2.24, 2.45) is 34.5 Å². The molecule has 0 radical (unpaired) electrons. The van der Waals surface area contributed by atoms with E-state index in [2.05, 4.69) is 58.9 Å². The lowest BCUT2D eigenvalue weighted by Crippen LogP contribution is -2.56. The number of hydrogen-bond donors (Lipinski definition) is 0. The highest BCUT2D eigenvalue weighted by Crippen LogP contribution is 2.73. The molecular weight excluding hydrogens is 280 g/mol. The Bertz CT molecular complexity index is 660. The van der Waals surface area contributed by atoms with Gasteiger partial charge < -0.3 is 0 Å². The molecule has 4 aliphatic carbocycles. The molecule has 4 fully saturated rings. The largest absolute Gasteiger partial charge is 0.299 e. The summed E-state index contributed by atoms with van der Waals surface area (Å²) in [7, 11) is 0. The summed E-state index contributed by atoms with van der Waals surface area (Å²) in [4.78, 5) is 13.0. The van der Waals surface area contributed by atoms with Crippen LogP contribution in [0.2, 0.25) is 0 Å². The molecule has 4 aliphatic rings. The second-order valence-electron chi connectivity index (χ2n) is 9.51. The van der Waals surface area contributed by atoms with Crippen LogP contribution in [0.5, 0.6) is 0 Å². The Morgan fingerprint density at radius 2 is 1.87 bits per heavy atom. The highest BCUT2D eigenvalue weighted by molar-refractivity contribution is 5.88. The Balaban J connectivity index is 1.90. The number of carbonyl (C=O) groups excluding carboxylic acids is 1. The number of ketones is 1. The zero-order valence-corrected chi connectivity index (χ0v) is 15.2. The van der Waals surface area contributed by atoms with Crippen molar-refractivity contribution in [3.05, 3.63) is 35.4 Å². The molecule has 0 spiro atoms. The van der Waals surface area contributed by atoms with E-state index in [1.165, 1.54) is 17.5 Å². The van der Waals surface area contributed by atoms with Crippen molar-refractivity contribution in [3.63, 3.8) is 0 Å². The average molecular weight is 310 g/mol. The third-order valence-corrected chi connectivity index (χ3v) is 7.82. The zero-order valence-electron chi connectivity index (χ0n) is 15.2. The molecule has 6 atom stereocenters. The number of carbonyl (C=O) groups is 1. The maximum atomic E-state index is 13.0. The molecule has 1 nitrogen and oxygen atoms in total. The van der Waals surface area contributed by atoms with Gasteiger partial charge in [0.2, 0.25) is 0 Å². The van der Waals surface area contributed by atoms with Gasteiger partial charge in [-0.1, -0.05) is 52.0 Å². The second-order valence-corrected chi connectivity index (χ2v) is 9.51. The predicted molar refractivity (Wildman–Crippen MR) is 94.3 cm³/mol. The fourth-order valence-electron chi connectivity index (χ4n) is 6.90. The molecule has 1 aromatic carbocycles. The first-order valence-electron chi connectivity index (χ1n) is 9.37. The highest BCUT2D eigenvalue weighted by Gasteiger charge is 2.69. The third kappa shape index (κ3) is 1.88. The quantitative estimate of drug-likeness (QED) is 0.717. The smallest absolute Gasteiger partial charge is 0.139 e. The van der Waals surface area contributed by atoms with Crippen molar-refractivity contribution in [2.45, 2.75) is 59.8 Å². The minimum Gasteiger partial charge on any atom is -0.299 e. The normalized spacial score (nSPS) is 45.0. The van der Waals surface area contributed by atoms with Crippen LogP contribution in [-0.2, 0) is 4.79 Å². The van der Waals surface area contributed by atoms with Crippen molar-refractivity contribution in [1.82, 2.24) is 0 Å². The molecule has 5 rings (SSSR count). The van der Waals surface area contributed by atoms with Crippen molar-refractivity contribution < 1.29 is 4.79 Å². The van der Waals surface area contributed by atoms with Gasteiger partial charge in [-0.05, 0) is 65.9 Å². The maximum Gasteiger partial charge on any atom is 0.139 e. The first-order chi connectivity index (χ1) is 10.8. The van der Waals surface area contributed by atoms with E-state index in [4.69, 9.17) is 0 Å². The van der Waals surface area contributed by atoms with Crippen LogP contribution in [0.4, 0.5) is 0 Å². The van der Waals surface area contributed by atoms with Crippen LogP contribution in [0.15, 0.2) is 24.3 Å². The van der Waals surface area contributed by atoms with E-state index >= 15 is 0 Å². The standard InChI is InChI=1S/C22H30O/c1-13(2)16-11-21(4)12-22(5)18(23)10-17(21)19(16)20(22)15-9-7-6-8-14(15)3/h6-9,13,16-17,19-20H,10-12H2,1-5H3/t16-,17+,19+,20-,21+,22-/m0/s1. The summed E-state index contributed by atoms with van der Waals surface area (Å²) in [6.07, 6.45) is 3.26. The number of hydrogen-bond acceptors (Lipinski definition) is 1. The van der Waals surface area contributed by atoms with Crippen LogP contribution in [0.3, 0.4) is 0 Å². The van der Waals surface area contributed by atoms with Gasteiger partial charge in [-0.2, -0.15) is 0 Å². The maximum absolute atomic E-state index is 13.0. The monoisotopic (exact) mass is 310 g/mol. The molecule has 4 saturated carbocycles. The molecule has 0 saturated heterocycles. The summed E-state index contributed by atoms with van der Waals surface area (Å²) in [5, 5.41) is 0. The molecule has 0 heterocycles. The van der Waals surface area contributed by atoms with Gasteiger partial charge >= 0.3 is 0 Å². The number of fused-ring (bicyclic) bond motifs is 1. The minimum absolute atomic E-state index is 0.149. The Morgan fingerprint density at radius 1 is 1.17 bits per heavy atom. The van der Waals surface area contributed by atoms with Gasteiger partial charge in [-0.3, -0.25) is 4.79 Å². The van der Waals surface area contributed by atoms with Gasteiger partial charge in [0.05, 0.1) is 0 Å². The second kappa shape index (κ2) is 4.71. The SMILES string of the molecule is Cc1ccccc1[C@H]1[C@H]2[C@H]3CC(=O)[C@]1(C)C[C@@]3(C)C[C@H]2C(C)C. The fourth-order valence-corrected chi connectivity index (χ4v) is 6.90. The summed E-state index contributed by atoms with van der Waals surface area (Å²) in [5.41, 5.74) is 3.06. The Morgan fingerprint density at radius 3 is 2.52 bits per heavy atom. The van der Waals surface area contributed by atoms with Gasteiger partial charge in [0.15, 0.2) is 0 Å². The molecule has 0 aromatic heterocycles. The summed E-state index contributed by atoms with van der Waals surface area (Å²) in [6.45, 7) is 11.8. The summed E-state index contributed by atoms with van der Waals surface area (Å²) in [5.74, 6) is 3.74. The number of benzene rings is 1. The van der Waals surface area contributed by atoms with E-state index in [0.717, 1.165) is 18.8 Å². The molecular formula is C22H30O. The zero-order chi connectivity index (χ0) is 16.6. The molecule has 0 unspecified atom stereocenters. The summed E-state index contributed by atoms with van der Waals surface area (Å²) >= 11 is 0. The molecule has 23 heavy (non-hydrogen) atoms. The van der Waals surface area contributed by atoms with Crippen molar-refractivity contribution in [2.75, 3.05) is 0 Å². The van der Waals surface area contributed by atoms with Crippen LogP contribution < -0.4 is 0 Å². The van der Waals surface area contributed by atoms with Gasteiger partial charge in [0, 0.05) is 11.8 Å². The van der Waals surface area contributed by atoms with E-state index in [9.17, 15) is 4.79 Å². The van der Waals surface area contributed by atoms with Crippen LogP contribution in [-0.4, -0.2) is 5.78 Å². The van der Waals surface area contributed by atoms with Gasteiger partial charge in [-0.25, -0.2) is 0 Å². The van der Waals surface area contributed by atoms with Gasteiger partial charge in [-0.15, -0.1) is 0 Å². The first-order valence-corrected chi connectivity index (χ1v) is 9.37. The Kier molecular flexibility index (Phi) is 3.16. The lowest BCUT2D eigenvalue weighted by molar-refractivity contribution is -0.151. The van der Waals surface area contributed by atoms with E-state index in [1.54, 1.807) is 0 Å². The lowest BCUT2D eigenvalue weighted by Gasteiger charge is -2.58. The number of rotatable bonds is 2. The Labute approximate surface area is 140 Å². The molecule has 124 valence electrons. The highest BCUT2D eigenvalue weighted by atomic mass is 16.1. The average Bonchev–Trinajstić information content (AvgIpc) is 2.69. The Hall–Kier alpha value is -1.11. The van der Waals surface area contributed by atoms with E-state index < -0.39 is 0 Å². The molecule has 0 aliphatic heterocycles. The number of Topliss-reactive ketones (excluding diaryl/α,β-unsaturated/α-hetero) is 1. The van der Waals surface area contributed by atoms with Gasteiger partial charge in [0.1, 0.15) is 5.78 Å². The van der Waals surface area contributed by atoms with Crippen molar-refractivity contribution in [1.29, 1.82) is 0 Å². The van der Waals surface area contributed by atoms with Crippen LogP contribution in [0, 0.1) is 41.4 Å². The van der Waals surface area contributed by atoms with E-state index in [-0.39, 0.29) is 5.41 Å².